The van der Waals surface area contributed by atoms with Crippen LogP contribution < -0.4 is 15.5 Å². The molecule has 0 aromatic heterocycles. The molecule has 8 heteroatoms. The fraction of sp³-hybridized carbons (Fsp3) is 0.375. The number of hydrazone groups is 1. The first kappa shape index (κ1) is 19.1. The Bertz CT molecular complexity index is 643. The van der Waals surface area contributed by atoms with E-state index in [9.17, 15) is 14.4 Å². The number of aromatic carboxylic acids is 1. The second kappa shape index (κ2) is 9.29. The maximum atomic E-state index is 11.6. The van der Waals surface area contributed by atoms with Gasteiger partial charge in [0.1, 0.15) is 5.75 Å². The lowest BCUT2D eigenvalue weighted by atomic mass is 10.1. The van der Waals surface area contributed by atoms with Crippen molar-refractivity contribution in [3.63, 3.8) is 0 Å². The summed E-state index contributed by atoms with van der Waals surface area (Å²) in [6, 6.07) is 4.15. The number of rotatable bonds is 7. The number of hydrogen-bond donors (Lipinski definition) is 3. The van der Waals surface area contributed by atoms with Crippen LogP contribution >= 0.6 is 0 Å². The first-order chi connectivity index (χ1) is 11.4. The van der Waals surface area contributed by atoms with Gasteiger partial charge in [0.2, 0.25) is 0 Å². The van der Waals surface area contributed by atoms with E-state index in [-0.39, 0.29) is 11.6 Å². The van der Waals surface area contributed by atoms with Crippen LogP contribution in [-0.2, 0) is 9.59 Å². The molecule has 0 spiro atoms. The zero-order valence-corrected chi connectivity index (χ0v) is 13.8. The minimum atomic E-state index is -1.09. The number of carboxylic acids is 1. The van der Waals surface area contributed by atoms with Gasteiger partial charge >= 0.3 is 17.8 Å². The summed E-state index contributed by atoms with van der Waals surface area (Å²) in [4.78, 5) is 34.2. The predicted octanol–water partition coefficient (Wildman–Crippen LogP) is 1.15. The monoisotopic (exact) mass is 335 g/mol. The Balaban J connectivity index is 2.81. The molecule has 0 unspecified atom stereocenters. The van der Waals surface area contributed by atoms with Crippen LogP contribution in [0.1, 0.15) is 43.1 Å². The molecule has 0 aliphatic carbocycles. The van der Waals surface area contributed by atoms with Gasteiger partial charge < -0.3 is 15.2 Å². The van der Waals surface area contributed by atoms with Crippen LogP contribution in [0.5, 0.6) is 5.75 Å². The third-order valence-corrected chi connectivity index (χ3v) is 3.12. The number of nitrogens with one attached hydrogen (secondary N) is 2. The summed E-state index contributed by atoms with van der Waals surface area (Å²) in [7, 11) is 0. The fourth-order valence-electron chi connectivity index (χ4n) is 1.67. The molecule has 1 atom stereocenters. The van der Waals surface area contributed by atoms with Gasteiger partial charge in [-0.05, 0) is 38.5 Å². The minimum Gasteiger partial charge on any atom is -0.493 e. The maximum Gasteiger partial charge on any atom is 0.335 e. The highest BCUT2D eigenvalue weighted by Crippen LogP contribution is 2.18. The number of benzene rings is 1. The first-order valence-corrected chi connectivity index (χ1v) is 7.53. The van der Waals surface area contributed by atoms with Crippen LogP contribution in [-0.4, -0.2) is 41.8 Å². The highest BCUT2D eigenvalue weighted by Gasteiger charge is 2.14. The van der Waals surface area contributed by atoms with Gasteiger partial charge in [0.15, 0.2) is 0 Å². The Morgan fingerprint density at radius 3 is 2.58 bits per heavy atom. The molecule has 0 aliphatic heterocycles. The van der Waals surface area contributed by atoms with E-state index in [1.807, 2.05) is 6.92 Å². The molecule has 0 bridgehead atoms. The fourth-order valence-corrected chi connectivity index (χ4v) is 1.67. The van der Waals surface area contributed by atoms with E-state index in [1.54, 1.807) is 13.8 Å². The molecule has 130 valence electrons. The summed E-state index contributed by atoms with van der Waals surface area (Å²) in [6.07, 6.45) is 1.92. The van der Waals surface area contributed by atoms with Crippen molar-refractivity contribution in [2.45, 2.75) is 33.2 Å². The molecule has 3 N–H and O–H groups in total. The van der Waals surface area contributed by atoms with Crippen LogP contribution in [0.4, 0.5) is 0 Å². The number of ether oxygens (including phenoxy) is 1. The van der Waals surface area contributed by atoms with E-state index in [0.717, 1.165) is 0 Å². The zero-order chi connectivity index (χ0) is 18.1. The quantitative estimate of drug-likeness (QED) is 0.392. The van der Waals surface area contributed by atoms with Crippen LogP contribution in [0.15, 0.2) is 23.3 Å². The Kier molecular flexibility index (Phi) is 7.41. The smallest absolute Gasteiger partial charge is 0.335 e. The van der Waals surface area contributed by atoms with Crippen LogP contribution in [0.25, 0.3) is 0 Å². The van der Waals surface area contributed by atoms with E-state index in [0.29, 0.717) is 24.3 Å². The molecular weight excluding hydrogens is 314 g/mol. The van der Waals surface area contributed by atoms with E-state index in [4.69, 9.17) is 9.84 Å². The SMILES string of the molecule is CCOc1ccc(C(=O)O)cc1/C=N\NC(=O)C(=O)N[C@H](C)CC. The predicted molar refractivity (Wildman–Crippen MR) is 88.2 cm³/mol. The molecule has 0 saturated heterocycles. The van der Waals surface area contributed by atoms with Gasteiger partial charge in [-0.1, -0.05) is 6.92 Å². The lowest BCUT2D eigenvalue weighted by Crippen LogP contribution is -2.41. The van der Waals surface area contributed by atoms with Gasteiger partial charge in [0.25, 0.3) is 0 Å². The average molecular weight is 335 g/mol. The normalized spacial score (nSPS) is 11.8. The molecule has 0 fully saturated rings. The van der Waals surface area contributed by atoms with Gasteiger partial charge in [0, 0.05) is 11.6 Å². The van der Waals surface area contributed by atoms with Crippen LogP contribution in [0, 0.1) is 0 Å². The van der Waals surface area contributed by atoms with Crippen molar-refractivity contribution in [3.8, 4) is 5.75 Å². The molecule has 0 heterocycles. The molecule has 8 nitrogen and oxygen atoms in total. The van der Waals surface area contributed by atoms with Gasteiger partial charge in [-0.2, -0.15) is 5.10 Å². The van der Waals surface area contributed by atoms with Gasteiger partial charge in [-0.3, -0.25) is 9.59 Å². The maximum absolute atomic E-state index is 11.6. The minimum absolute atomic E-state index is 0.0562. The molecule has 0 saturated carbocycles. The molecule has 1 aromatic rings. The number of amides is 2. The Morgan fingerprint density at radius 1 is 1.29 bits per heavy atom. The van der Waals surface area contributed by atoms with Gasteiger partial charge in [-0.25, -0.2) is 10.2 Å². The summed E-state index contributed by atoms with van der Waals surface area (Å²) in [5.41, 5.74) is 2.52. The number of carboxylic acid groups (broad SMARTS) is 1. The Morgan fingerprint density at radius 2 is 2.00 bits per heavy atom. The van der Waals surface area contributed by atoms with E-state index >= 15 is 0 Å². The number of carbonyl (C=O) groups excluding carboxylic acids is 2. The largest absolute Gasteiger partial charge is 0.493 e. The molecule has 24 heavy (non-hydrogen) atoms. The highest BCUT2D eigenvalue weighted by molar-refractivity contribution is 6.35. The number of carbonyl (C=O) groups is 3. The van der Waals surface area contributed by atoms with Crippen molar-refractivity contribution in [1.29, 1.82) is 0 Å². The molecule has 0 aliphatic rings. The average Bonchev–Trinajstić information content (AvgIpc) is 2.55. The van der Waals surface area contributed by atoms with Crippen LogP contribution in [0.3, 0.4) is 0 Å². The van der Waals surface area contributed by atoms with E-state index in [2.05, 4.69) is 15.8 Å². The van der Waals surface area contributed by atoms with Gasteiger partial charge in [0.05, 0.1) is 18.4 Å². The summed E-state index contributed by atoms with van der Waals surface area (Å²) < 4.78 is 5.37. The van der Waals surface area contributed by atoms with Gasteiger partial charge in [-0.15, -0.1) is 0 Å². The summed E-state index contributed by atoms with van der Waals surface area (Å²) in [5, 5.41) is 15.2. The standard InChI is InChI=1S/C16H21N3O5/c1-4-10(3)18-14(20)15(21)19-17-9-12-8-11(16(22)23)6-7-13(12)24-5-2/h6-10H,4-5H2,1-3H3,(H,18,20)(H,19,21)(H,22,23)/b17-9-/t10-/m1/s1. The lowest BCUT2D eigenvalue weighted by molar-refractivity contribution is -0.139. The molecular formula is C16H21N3O5. The van der Waals surface area contributed by atoms with Crippen molar-refractivity contribution in [1.82, 2.24) is 10.7 Å². The highest BCUT2D eigenvalue weighted by atomic mass is 16.5. The first-order valence-electron chi connectivity index (χ1n) is 7.53. The molecule has 1 rings (SSSR count). The summed E-state index contributed by atoms with van der Waals surface area (Å²) in [5.74, 6) is -2.36. The second-order valence-corrected chi connectivity index (χ2v) is 4.97. The zero-order valence-electron chi connectivity index (χ0n) is 13.8. The summed E-state index contributed by atoms with van der Waals surface area (Å²) in [6.45, 7) is 5.83. The third-order valence-electron chi connectivity index (χ3n) is 3.12. The number of nitrogens with zero attached hydrogens (tertiary/aromatic N) is 1. The van der Waals surface area contributed by atoms with Crippen LogP contribution in [0.2, 0.25) is 0 Å². The van der Waals surface area contributed by atoms with Crippen molar-refractivity contribution >= 4 is 24.0 Å². The van der Waals surface area contributed by atoms with Crippen molar-refractivity contribution in [2.24, 2.45) is 5.10 Å². The molecule has 2 amide bonds. The Hall–Kier alpha value is -2.90. The summed E-state index contributed by atoms with van der Waals surface area (Å²) >= 11 is 0. The lowest BCUT2D eigenvalue weighted by Gasteiger charge is -2.10. The second-order valence-electron chi connectivity index (χ2n) is 4.97. The molecule has 0 radical (unpaired) electrons. The van der Waals surface area contributed by atoms with Crippen molar-refractivity contribution in [2.75, 3.05) is 6.61 Å². The van der Waals surface area contributed by atoms with E-state index < -0.39 is 17.8 Å². The van der Waals surface area contributed by atoms with E-state index in [1.165, 1.54) is 24.4 Å². The van der Waals surface area contributed by atoms with Crippen molar-refractivity contribution in [3.05, 3.63) is 29.3 Å². The third kappa shape index (κ3) is 5.71. The topological polar surface area (TPSA) is 117 Å². The number of hydrogen-bond acceptors (Lipinski definition) is 5. The van der Waals surface area contributed by atoms with Crippen molar-refractivity contribution < 1.29 is 24.2 Å². The molecule has 1 aromatic carbocycles. The Labute approximate surface area is 139 Å².